The van der Waals surface area contributed by atoms with Crippen molar-refractivity contribution in [1.29, 1.82) is 0 Å². The van der Waals surface area contributed by atoms with Crippen molar-refractivity contribution in [3.05, 3.63) is 26.4 Å². The average molecular weight is 278 g/mol. The number of hydrogen-bond donors (Lipinski definition) is 0. The van der Waals surface area contributed by atoms with E-state index in [0.717, 1.165) is 26.3 Å². The summed E-state index contributed by atoms with van der Waals surface area (Å²) in [6.07, 6.45) is 0.873. The maximum atomic E-state index is 5.91. The molecule has 1 nitrogen and oxygen atoms in total. The van der Waals surface area contributed by atoms with Gasteiger partial charge in [0.1, 0.15) is 0 Å². The lowest BCUT2D eigenvalue weighted by Crippen LogP contribution is -1.84. The Balaban J connectivity index is 2.42. The standard InChI is InChI=1S/C10H9Cl2NS2/c1-6-13-10(8(14-6)4-5-11)7-2-3-9(12)15-7/h2-3H,4-5H2,1H3. The minimum Gasteiger partial charge on any atom is -0.240 e. The van der Waals surface area contributed by atoms with Crippen LogP contribution in [-0.2, 0) is 6.42 Å². The van der Waals surface area contributed by atoms with Crippen LogP contribution in [0.5, 0.6) is 0 Å². The molecule has 0 radical (unpaired) electrons. The highest BCUT2D eigenvalue weighted by Gasteiger charge is 2.12. The summed E-state index contributed by atoms with van der Waals surface area (Å²) in [6.45, 7) is 2.01. The van der Waals surface area contributed by atoms with E-state index in [0.29, 0.717) is 5.88 Å². The SMILES string of the molecule is Cc1nc(-c2ccc(Cl)s2)c(CCCl)s1. The average Bonchev–Trinajstić information content (AvgIpc) is 2.73. The zero-order chi connectivity index (χ0) is 10.8. The van der Waals surface area contributed by atoms with Crippen LogP contribution in [0.3, 0.4) is 0 Å². The molecule has 0 saturated heterocycles. The van der Waals surface area contributed by atoms with Crippen LogP contribution >= 0.6 is 45.9 Å². The molecule has 0 spiro atoms. The molecule has 0 bridgehead atoms. The second kappa shape index (κ2) is 4.83. The third-order valence-electron chi connectivity index (χ3n) is 1.93. The Kier molecular flexibility index (Phi) is 3.67. The first-order valence-corrected chi connectivity index (χ1v) is 7.03. The van der Waals surface area contributed by atoms with E-state index in [4.69, 9.17) is 23.2 Å². The van der Waals surface area contributed by atoms with Gasteiger partial charge in [-0.2, -0.15) is 0 Å². The Hall–Kier alpha value is -0.0900. The smallest absolute Gasteiger partial charge is 0.0947 e. The van der Waals surface area contributed by atoms with Crippen LogP contribution in [0.4, 0.5) is 0 Å². The lowest BCUT2D eigenvalue weighted by molar-refractivity contribution is 1.18. The number of alkyl halides is 1. The fraction of sp³-hybridized carbons (Fsp3) is 0.300. The number of halogens is 2. The Morgan fingerprint density at radius 2 is 2.13 bits per heavy atom. The van der Waals surface area contributed by atoms with Crippen molar-refractivity contribution in [3.63, 3.8) is 0 Å². The van der Waals surface area contributed by atoms with Gasteiger partial charge in [0, 0.05) is 10.8 Å². The second-order valence-corrected chi connectivity index (χ2v) is 6.43. The summed E-state index contributed by atoms with van der Waals surface area (Å²) >= 11 is 15.0. The predicted molar refractivity (Wildman–Crippen MR) is 69.6 cm³/mol. The van der Waals surface area contributed by atoms with Crippen molar-refractivity contribution in [3.8, 4) is 10.6 Å². The molecule has 0 aromatic carbocycles. The molecule has 0 aliphatic rings. The van der Waals surface area contributed by atoms with Crippen LogP contribution in [-0.4, -0.2) is 10.9 Å². The predicted octanol–water partition coefficient (Wildman–Crippen LogP) is 4.61. The molecule has 0 aliphatic carbocycles. The molecule has 0 saturated carbocycles. The van der Waals surface area contributed by atoms with Crippen LogP contribution in [0.1, 0.15) is 9.88 Å². The monoisotopic (exact) mass is 277 g/mol. The van der Waals surface area contributed by atoms with Crippen LogP contribution in [0.2, 0.25) is 4.34 Å². The van der Waals surface area contributed by atoms with Crippen LogP contribution in [0.15, 0.2) is 12.1 Å². The van der Waals surface area contributed by atoms with E-state index < -0.39 is 0 Å². The van der Waals surface area contributed by atoms with Crippen LogP contribution in [0.25, 0.3) is 10.6 Å². The number of rotatable bonds is 3. The molecule has 80 valence electrons. The van der Waals surface area contributed by atoms with Gasteiger partial charge in [-0.3, -0.25) is 0 Å². The number of thiazole rings is 1. The Labute approximate surface area is 107 Å². The maximum Gasteiger partial charge on any atom is 0.0947 e. The van der Waals surface area contributed by atoms with E-state index >= 15 is 0 Å². The highest BCUT2D eigenvalue weighted by Crippen LogP contribution is 2.35. The first-order chi connectivity index (χ1) is 7.20. The van der Waals surface area contributed by atoms with E-state index in [1.54, 1.807) is 22.7 Å². The van der Waals surface area contributed by atoms with Gasteiger partial charge < -0.3 is 0 Å². The van der Waals surface area contributed by atoms with Gasteiger partial charge >= 0.3 is 0 Å². The van der Waals surface area contributed by atoms with E-state index in [1.807, 2.05) is 19.1 Å². The van der Waals surface area contributed by atoms with Crippen LogP contribution < -0.4 is 0 Å². The minimum atomic E-state index is 0.633. The fourth-order valence-corrected chi connectivity index (χ4v) is 3.73. The summed E-state index contributed by atoms with van der Waals surface area (Å²) in [5, 5.41) is 1.08. The second-order valence-electron chi connectivity index (χ2n) is 3.05. The minimum absolute atomic E-state index is 0.633. The third-order valence-corrected chi connectivity index (χ3v) is 4.39. The van der Waals surface area contributed by atoms with Gasteiger partial charge in [0.2, 0.25) is 0 Å². The van der Waals surface area contributed by atoms with Crippen molar-refractivity contribution in [2.24, 2.45) is 0 Å². The van der Waals surface area contributed by atoms with Gasteiger partial charge in [0.05, 0.1) is 19.9 Å². The first kappa shape index (κ1) is 11.4. The largest absolute Gasteiger partial charge is 0.240 e. The lowest BCUT2D eigenvalue weighted by atomic mass is 10.2. The summed E-state index contributed by atoms with van der Waals surface area (Å²) < 4.78 is 0.799. The topological polar surface area (TPSA) is 12.9 Å². The van der Waals surface area contributed by atoms with Crippen molar-refractivity contribution < 1.29 is 0 Å². The zero-order valence-corrected chi connectivity index (χ0v) is 11.2. The molecular weight excluding hydrogens is 269 g/mol. The Bertz CT molecular complexity index is 462. The van der Waals surface area contributed by atoms with Crippen molar-refractivity contribution in [1.82, 2.24) is 4.98 Å². The van der Waals surface area contributed by atoms with Gasteiger partial charge in [-0.05, 0) is 25.5 Å². The summed E-state index contributed by atoms with van der Waals surface area (Å²) in [5.41, 5.74) is 1.05. The van der Waals surface area contributed by atoms with E-state index in [9.17, 15) is 0 Å². The first-order valence-electron chi connectivity index (χ1n) is 4.48. The number of aromatic nitrogens is 1. The van der Waals surface area contributed by atoms with Crippen molar-refractivity contribution in [2.75, 3.05) is 5.88 Å². The lowest BCUT2D eigenvalue weighted by Gasteiger charge is -1.95. The van der Waals surface area contributed by atoms with Gasteiger partial charge in [0.15, 0.2) is 0 Å². The molecule has 2 aromatic rings. The fourth-order valence-electron chi connectivity index (χ4n) is 1.36. The Morgan fingerprint density at radius 1 is 1.33 bits per heavy atom. The Morgan fingerprint density at radius 3 is 2.73 bits per heavy atom. The van der Waals surface area contributed by atoms with Gasteiger partial charge in [-0.25, -0.2) is 4.98 Å². The van der Waals surface area contributed by atoms with Gasteiger partial charge in [-0.1, -0.05) is 11.6 Å². The zero-order valence-electron chi connectivity index (χ0n) is 8.09. The number of aryl methyl sites for hydroxylation is 2. The molecule has 0 fully saturated rings. The van der Waals surface area contributed by atoms with E-state index in [1.165, 1.54) is 4.88 Å². The summed E-state index contributed by atoms with van der Waals surface area (Å²) in [4.78, 5) is 6.90. The van der Waals surface area contributed by atoms with E-state index in [2.05, 4.69) is 4.98 Å². The van der Waals surface area contributed by atoms with Gasteiger partial charge in [-0.15, -0.1) is 34.3 Å². The number of hydrogen-bond acceptors (Lipinski definition) is 3. The van der Waals surface area contributed by atoms with Crippen molar-refractivity contribution >= 4 is 45.9 Å². The molecule has 15 heavy (non-hydrogen) atoms. The van der Waals surface area contributed by atoms with Gasteiger partial charge in [0.25, 0.3) is 0 Å². The maximum absolute atomic E-state index is 5.91. The molecule has 0 amide bonds. The highest BCUT2D eigenvalue weighted by molar-refractivity contribution is 7.19. The third kappa shape index (κ3) is 2.53. The number of thiophene rings is 1. The van der Waals surface area contributed by atoms with Crippen LogP contribution in [0, 0.1) is 6.92 Å². The normalized spacial score (nSPS) is 10.9. The quantitative estimate of drug-likeness (QED) is 0.747. The van der Waals surface area contributed by atoms with Crippen molar-refractivity contribution in [2.45, 2.75) is 13.3 Å². The number of nitrogens with zero attached hydrogens (tertiary/aromatic N) is 1. The molecule has 2 rings (SSSR count). The summed E-state index contributed by atoms with van der Waals surface area (Å²) in [5.74, 6) is 0.633. The van der Waals surface area contributed by atoms with E-state index in [-0.39, 0.29) is 0 Å². The molecular formula is C10H9Cl2NS2. The molecule has 0 unspecified atom stereocenters. The molecule has 2 heterocycles. The molecule has 2 aromatic heterocycles. The highest BCUT2D eigenvalue weighted by atomic mass is 35.5. The summed E-state index contributed by atoms with van der Waals surface area (Å²) in [6, 6.07) is 3.92. The molecule has 5 heteroatoms. The molecule has 0 N–H and O–H groups in total. The summed E-state index contributed by atoms with van der Waals surface area (Å²) in [7, 11) is 0. The molecule has 0 aliphatic heterocycles. The molecule has 0 atom stereocenters.